The van der Waals surface area contributed by atoms with Crippen molar-refractivity contribution in [1.29, 1.82) is 0 Å². The molecule has 0 aliphatic carbocycles. The van der Waals surface area contributed by atoms with Crippen LogP contribution in [0, 0.1) is 0 Å². The zero-order valence-corrected chi connectivity index (χ0v) is 10.4. The second-order valence-corrected chi connectivity index (χ2v) is 4.99. The molecule has 0 fully saturated rings. The fourth-order valence-electron chi connectivity index (χ4n) is 1.14. The van der Waals surface area contributed by atoms with Crippen LogP contribution in [-0.4, -0.2) is 4.98 Å². The molecule has 0 aliphatic heterocycles. The van der Waals surface area contributed by atoms with E-state index in [4.69, 9.17) is 4.74 Å². The van der Waals surface area contributed by atoms with E-state index in [9.17, 15) is 0 Å². The molecule has 0 radical (unpaired) electrons. The molecular formula is C11H10BrNOS. The van der Waals surface area contributed by atoms with Gasteiger partial charge in [0, 0.05) is 15.5 Å². The van der Waals surface area contributed by atoms with Gasteiger partial charge in [0.25, 0.3) is 0 Å². The van der Waals surface area contributed by atoms with Gasteiger partial charge in [-0.3, -0.25) is 4.98 Å². The normalized spacial score (nSPS) is 10.5. The van der Waals surface area contributed by atoms with E-state index in [1.54, 1.807) is 17.5 Å². The van der Waals surface area contributed by atoms with Crippen molar-refractivity contribution in [2.45, 2.75) is 13.2 Å². The predicted octanol–water partition coefficient (Wildman–Crippen LogP) is 3.62. The molecule has 2 nitrogen and oxygen atoms in total. The lowest BCUT2D eigenvalue weighted by atomic mass is 10.4. The maximum atomic E-state index is 5.54. The van der Waals surface area contributed by atoms with Crippen molar-refractivity contribution in [1.82, 2.24) is 4.98 Å². The van der Waals surface area contributed by atoms with Gasteiger partial charge in [-0.2, -0.15) is 0 Å². The molecule has 0 aromatic carbocycles. The summed E-state index contributed by atoms with van der Waals surface area (Å²) in [5.74, 6) is 0. The van der Waals surface area contributed by atoms with Crippen molar-refractivity contribution in [3.63, 3.8) is 0 Å². The van der Waals surface area contributed by atoms with E-state index in [2.05, 4.69) is 32.4 Å². The molecule has 78 valence electrons. The third kappa shape index (κ3) is 3.41. The molecule has 4 heteroatoms. The topological polar surface area (TPSA) is 22.1 Å². The largest absolute Gasteiger partial charge is 0.370 e. The summed E-state index contributed by atoms with van der Waals surface area (Å²) >= 11 is 5.05. The highest BCUT2D eigenvalue weighted by Gasteiger charge is 1.96. The molecule has 0 saturated carbocycles. The first-order valence-corrected chi connectivity index (χ1v) is 6.22. The molecule has 2 heterocycles. The third-order valence-electron chi connectivity index (χ3n) is 1.86. The SMILES string of the molecule is Brc1ccc(COCc2cccs2)nc1. The first-order valence-electron chi connectivity index (χ1n) is 4.55. The van der Waals surface area contributed by atoms with Crippen LogP contribution < -0.4 is 0 Å². The van der Waals surface area contributed by atoms with Gasteiger partial charge < -0.3 is 4.74 Å². The zero-order chi connectivity index (χ0) is 10.5. The Morgan fingerprint density at radius 3 is 2.87 bits per heavy atom. The second kappa shape index (κ2) is 5.39. The highest BCUT2D eigenvalue weighted by atomic mass is 79.9. The Labute approximate surface area is 101 Å². The van der Waals surface area contributed by atoms with Gasteiger partial charge in [-0.15, -0.1) is 11.3 Å². The Hall–Kier alpha value is -0.710. The van der Waals surface area contributed by atoms with Gasteiger partial charge in [-0.05, 0) is 39.5 Å². The fraction of sp³-hybridized carbons (Fsp3) is 0.182. The third-order valence-corrected chi connectivity index (χ3v) is 3.18. The summed E-state index contributed by atoms with van der Waals surface area (Å²) in [5, 5.41) is 2.05. The first kappa shape index (κ1) is 10.8. The summed E-state index contributed by atoms with van der Waals surface area (Å²) < 4.78 is 6.53. The van der Waals surface area contributed by atoms with E-state index in [1.807, 2.05) is 18.2 Å². The van der Waals surface area contributed by atoms with Crippen molar-refractivity contribution in [3.8, 4) is 0 Å². The molecule has 0 atom stereocenters. The van der Waals surface area contributed by atoms with Crippen LogP contribution in [0.5, 0.6) is 0 Å². The molecule has 0 bridgehead atoms. The lowest BCUT2D eigenvalue weighted by molar-refractivity contribution is 0.106. The number of pyridine rings is 1. The molecule has 0 spiro atoms. The van der Waals surface area contributed by atoms with E-state index in [0.29, 0.717) is 13.2 Å². The molecule has 15 heavy (non-hydrogen) atoms. The van der Waals surface area contributed by atoms with Crippen LogP contribution in [0.15, 0.2) is 40.3 Å². The van der Waals surface area contributed by atoms with Crippen molar-refractivity contribution < 1.29 is 4.74 Å². The quantitative estimate of drug-likeness (QED) is 0.855. The van der Waals surface area contributed by atoms with Crippen molar-refractivity contribution >= 4 is 27.3 Å². The van der Waals surface area contributed by atoms with Crippen molar-refractivity contribution in [2.75, 3.05) is 0 Å². The van der Waals surface area contributed by atoms with E-state index < -0.39 is 0 Å². The van der Waals surface area contributed by atoms with Gasteiger partial charge in [0.1, 0.15) is 0 Å². The molecule has 0 unspecified atom stereocenters. The van der Waals surface area contributed by atoms with Crippen molar-refractivity contribution in [2.24, 2.45) is 0 Å². The number of ether oxygens (including phenoxy) is 1. The maximum absolute atomic E-state index is 5.54. The summed E-state index contributed by atoms with van der Waals surface area (Å²) in [6, 6.07) is 8.02. The molecule has 2 aromatic heterocycles. The minimum Gasteiger partial charge on any atom is -0.370 e. The molecule has 0 saturated heterocycles. The highest BCUT2D eigenvalue weighted by molar-refractivity contribution is 9.10. The number of hydrogen-bond acceptors (Lipinski definition) is 3. The van der Waals surface area contributed by atoms with Gasteiger partial charge in [0.2, 0.25) is 0 Å². The van der Waals surface area contributed by atoms with Crippen LogP contribution in [-0.2, 0) is 18.0 Å². The van der Waals surface area contributed by atoms with Crippen LogP contribution in [0.4, 0.5) is 0 Å². The Morgan fingerprint density at radius 1 is 1.27 bits per heavy atom. The Kier molecular flexibility index (Phi) is 3.88. The minimum atomic E-state index is 0.561. The Morgan fingerprint density at radius 2 is 2.20 bits per heavy atom. The first-order chi connectivity index (χ1) is 7.34. The molecule has 2 rings (SSSR count). The molecular weight excluding hydrogens is 274 g/mol. The lowest BCUT2D eigenvalue weighted by Gasteiger charge is -2.01. The molecule has 0 aliphatic rings. The predicted molar refractivity (Wildman–Crippen MR) is 64.7 cm³/mol. The number of rotatable bonds is 4. The summed E-state index contributed by atoms with van der Waals surface area (Å²) in [6.07, 6.45) is 1.78. The maximum Gasteiger partial charge on any atom is 0.0892 e. The molecule has 2 aromatic rings. The van der Waals surface area contributed by atoms with E-state index in [0.717, 1.165) is 10.2 Å². The summed E-state index contributed by atoms with van der Waals surface area (Å²) in [7, 11) is 0. The fourth-order valence-corrected chi connectivity index (χ4v) is 2.02. The second-order valence-electron chi connectivity index (χ2n) is 3.04. The van der Waals surface area contributed by atoms with Crippen LogP contribution in [0.2, 0.25) is 0 Å². The van der Waals surface area contributed by atoms with E-state index in [-0.39, 0.29) is 0 Å². The Balaban J connectivity index is 1.81. The molecule has 0 amide bonds. The van der Waals surface area contributed by atoms with Gasteiger partial charge >= 0.3 is 0 Å². The number of halogens is 1. The van der Waals surface area contributed by atoms with Gasteiger partial charge in [-0.1, -0.05) is 6.07 Å². The number of thiophene rings is 1. The van der Waals surface area contributed by atoms with Gasteiger partial charge in [0.05, 0.1) is 18.9 Å². The van der Waals surface area contributed by atoms with E-state index >= 15 is 0 Å². The van der Waals surface area contributed by atoms with Crippen LogP contribution >= 0.6 is 27.3 Å². The summed E-state index contributed by atoms with van der Waals surface area (Å²) in [5.41, 5.74) is 0.953. The molecule has 0 N–H and O–H groups in total. The smallest absolute Gasteiger partial charge is 0.0892 e. The van der Waals surface area contributed by atoms with Crippen LogP contribution in [0.1, 0.15) is 10.6 Å². The van der Waals surface area contributed by atoms with Crippen molar-refractivity contribution in [3.05, 3.63) is 50.9 Å². The monoisotopic (exact) mass is 283 g/mol. The summed E-state index contributed by atoms with van der Waals surface area (Å²) in [6.45, 7) is 1.22. The van der Waals surface area contributed by atoms with E-state index in [1.165, 1.54) is 4.88 Å². The summed E-state index contributed by atoms with van der Waals surface area (Å²) in [4.78, 5) is 5.47. The highest BCUT2D eigenvalue weighted by Crippen LogP contribution is 2.12. The average Bonchev–Trinajstić information content (AvgIpc) is 2.74. The zero-order valence-electron chi connectivity index (χ0n) is 8.02. The van der Waals surface area contributed by atoms with Gasteiger partial charge in [0.15, 0.2) is 0 Å². The number of nitrogens with zero attached hydrogens (tertiary/aromatic N) is 1. The van der Waals surface area contributed by atoms with Crippen LogP contribution in [0.3, 0.4) is 0 Å². The van der Waals surface area contributed by atoms with Gasteiger partial charge in [-0.25, -0.2) is 0 Å². The standard InChI is InChI=1S/C11H10BrNOS/c12-9-3-4-10(13-6-9)7-14-8-11-2-1-5-15-11/h1-6H,7-8H2. The number of hydrogen-bond donors (Lipinski definition) is 0. The number of aromatic nitrogens is 1. The minimum absolute atomic E-state index is 0.561. The Bertz CT molecular complexity index is 399. The lowest BCUT2D eigenvalue weighted by Crippen LogP contribution is -1.94. The van der Waals surface area contributed by atoms with Crippen LogP contribution in [0.25, 0.3) is 0 Å². The average molecular weight is 284 g/mol.